The lowest BCUT2D eigenvalue weighted by Crippen LogP contribution is -2.45. The summed E-state index contributed by atoms with van der Waals surface area (Å²) >= 11 is 0. The fraction of sp³-hybridized carbons (Fsp3) is 0.385. The molecule has 0 radical (unpaired) electrons. The van der Waals surface area contributed by atoms with Crippen LogP contribution in [-0.4, -0.2) is 50.1 Å². The van der Waals surface area contributed by atoms with E-state index < -0.39 is 0 Å². The van der Waals surface area contributed by atoms with Gasteiger partial charge in [0.25, 0.3) is 5.91 Å². The van der Waals surface area contributed by atoms with E-state index in [9.17, 15) is 4.79 Å². The number of hydrogen-bond acceptors (Lipinski definition) is 5. The van der Waals surface area contributed by atoms with Crippen molar-refractivity contribution in [1.29, 1.82) is 0 Å². The number of benzene rings is 1. The van der Waals surface area contributed by atoms with Gasteiger partial charge in [0.1, 0.15) is 6.33 Å². The van der Waals surface area contributed by atoms with Crippen molar-refractivity contribution < 1.29 is 4.79 Å². The number of hydrogen-bond donors (Lipinski definition) is 1. The highest BCUT2D eigenvalue weighted by Gasteiger charge is 2.22. The van der Waals surface area contributed by atoms with Gasteiger partial charge in [-0.25, -0.2) is 4.68 Å². The van der Waals surface area contributed by atoms with Crippen LogP contribution in [-0.2, 0) is 0 Å². The first kappa shape index (κ1) is 12.7. The van der Waals surface area contributed by atoms with E-state index in [2.05, 4.69) is 15.5 Å². The average Bonchev–Trinajstić information content (AvgIpc) is 3.01. The van der Waals surface area contributed by atoms with Crippen LogP contribution in [0.5, 0.6) is 0 Å². The molecule has 0 saturated carbocycles. The SMILES string of the molecule is N[C@@H]1CCCN(C(=O)c2ccc(-n3cnnn3)cc2)C1. The van der Waals surface area contributed by atoms with E-state index in [1.54, 1.807) is 16.8 Å². The summed E-state index contributed by atoms with van der Waals surface area (Å²) in [7, 11) is 0. The zero-order valence-electron chi connectivity index (χ0n) is 11.0. The molecule has 1 fully saturated rings. The van der Waals surface area contributed by atoms with E-state index in [1.165, 1.54) is 6.33 Å². The van der Waals surface area contributed by atoms with Crippen LogP contribution < -0.4 is 5.73 Å². The number of nitrogens with two attached hydrogens (primary N) is 1. The summed E-state index contributed by atoms with van der Waals surface area (Å²) in [4.78, 5) is 14.2. The number of piperidine rings is 1. The maximum atomic E-state index is 12.4. The second kappa shape index (κ2) is 5.38. The first-order chi connectivity index (χ1) is 9.74. The Balaban J connectivity index is 1.75. The molecule has 1 aromatic heterocycles. The van der Waals surface area contributed by atoms with E-state index in [4.69, 9.17) is 5.73 Å². The molecule has 0 aliphatic carbocycles. The predicted octanol–water partition coefficient (Wildman–Crippen LogP) is 0.226. The van der Waals surface area contributed by atoms with Crippen molar-refractivity contribution in [3.05, 3.63) is 36.2 Å². The topological polar surface area (TPSA) is 89.9 Å². The zero-order valence-corrected chi connectivity index (χ0v) is 11.0. The Bertz CT molecular complexity index is 579. The monoisotopic (exact) mass is 272 g/mol. The van der Waals surface area contributed by atoms with Gasteiger partial charge in [-0.3, -0.25) is 4.79 Å². The normalized spacial score (nSPS) is 19.1. The quantitative estimate of drug-likeness (QED) is 0.845. The van der Waals surface area contributed by atoms with Crippen molar-refractivity contribution in [3.63, 3.8) is 0 Å². The fourth-order valence-corrected chi connectivity index (χ4v) is 2.41. The molecule has 7 heteroatoms. The van der Waals surface area contributed by atoms with Gasteiger partial charge in [0.2, 0.25) is 0 Å². The Labute approximate surface area is 116 Å². The molecule has 1 aliphatic heterocycles. The summed E-state index contributed by atoms with van der Waals surface area (Å²) in [6.07, 6.45) is 3.47. The van der Waals surface area contributed by atoms with Crippen LogP contribution in [0, 0.1) is 0 Å². The van der Waals surface area contributed by atoms with Gasteiger partial charge in [-0.05, 0) is 47.5 Å². The maximum Gasteiger partial charge on any atom is 0.253 e. The number of rotatable bonds is 2. The van der Waals surface area contributed by atoms with Crippen molar-refractivity contribution >= 4 is 5.91 Å². The molecule has 0 unspecified atom stereocenters. The predicted molar refractivity (Wildman–Crippen MR) is 72.3 cm³/mol. The van der Waals surface area contributed by atoms with E-state index in [-0.39, 0.29) is 11.9 Å². The highest BCUT2D eigenvalue weighted by molar-refractivity contribution is 5.94. The molecule has 2 heterocycles. The molecular weight excluding hydrogens is 256 g/mol. The van der Waals surface area contributed by atoms with Crippen molar-refractivity contribution in [2.75, 3.05) is 13.1 Å². The largest absolute Gasteiger partial charge is 0.337 e. The molecule has 1 atom stereocenters. The highest BCUT2D eigenvalue weighted by atomic mass is 16.2. The molecule has 20 heavy (non-hydrogen) atoms. The summed E-state index contributed by atoms with van der Waals surface area (Å²) in [6.45, 7) is 1.41. The third-order valence-electron chi connectivity index (χ3n) is 3.47. The molecule has 0 bridgehead atoms. The van der Waals surface area contributed by atoms with Crippen molar-refractivity contribution in [1.82, 2.24) is 25.1 Å². The van der Waals surface area contributed by atoms with Crippen molar-refractivity contribution in [2.24, 2.45) is 5.73 Å². The van der Waals surface area contributed by atoms with Crippen LogP contribution >= 0.6 is 0 Å². The fourth-order valence-electron chi connectivity index (χ4n) is 2.41. The van der Waals surface area contributed by atoms with Gasteiger partial charge < -0.3 is 10.6 Å². The molecule has 1 aromatic carbocycles. The van der Waals surface area contributed by atoms with E-state index in [0.29, 0.717) is 12.1 Å². The number of likely N-dealkylation sites (tertiary alicyclic amines) is 1. The first-order valence-electron chi connectivity index (χ1n) is 6.62. The Morgan fingerprint density at radius 3 is 2.75 bits per heavy atom. The average molecular weight is 272 g/mol. The van der Waals surface area contributed by atoms with E-state index in [1.807, 2.05) is 17.0 Å². The molecule has 1 aliphatic rings. The number of aromatic nitrogens is 4. The summed E-state index contributed by atoms with van der Waals surface area (Å²) in [5.41, 5.74) is 7.39. The number of amides is 1. The molecule has 1 saturated heterocycles. The highest BCUT2D eigenvalue weighted by Crippen LogP contribution is 2.14. The summed E-state index contributed by atoms with van der Waals surface area (Å²) < 4.78 is 1.55. The first-order valence-corrected chi connectivity index (χ1v) is 6.62. The third-order valence-corrected chi connectivity index (χ3v) is 3.47. The summed E-state index contributed by atoms with van der Waals surface area (Å²) in [6, 6.07) is 7.33. The van der Waals surface area contributed by atoms with Gasteiger partial charge in [0, 0.05) is 24.7 Å². The van der Waals surface area contributed by atoms with Crippen molar-refractivity contribution in [3.8, 4) is 5.69 Å². The molecule has 1 amide bonds. The molecule has 3 rings (SSSR count). The Hall–Kier alpha value is -2.28. The van der Waals surface area contributed by atoms with Gasteiger partial charge in [0.05, 0.1) is 5.69 Å². The van der Waals surface area contributed by atoms with Crippen LogP contribution in [0.4, 0.5) is 0 Å². The smallest absolute Gasteiger partial charge is 0.253 e. The molecule has 104 valence electrons. The molecule has 7 nitrogen and oxygen atoms in total. The maximum absolute atomic E-state index is 12.4. The third kappa shape index (κ3) is 2.53. The van der Waals surface area contributed by atoms with Gasteiger partial charge in [-0.1, -0.05) is 0 Å². The van der Waals surface area contributed by atoms with E-state index in [0.717, 1.165) is 25.1 Å². The lowest BCUT2D eigenvalue weighted by atomic mass is 10.1. The number of tetrazole rings is 1. The van der Waals surface area contributed by atoms with Gasteiger partial charge >= 0.3 is 0 Å². The minimum absolute atomic E-state index is 0.0309. The summed E-state index contributed by atoms with van der Waals surface area (Å²) in [5, 5.41) is 11.0. The lowest BCUT2D eigenvalue weighted by molar-refractivity contribution is 0.0709. The van der Waals surface area contributed by atoms with Crippen LogP contribution in [0.3, 0.4) is 0 Å². The second-order valence-electron chi connectivity index (χ2n) is 4.95. The standard InChI is InChI=1S/C13H16N6O/c14-11-2-1-7-18(8-11)13(20)10-3-5-12(6-4-10)19-9-15-16-17-19/h3-6,9,11H,1-2,7-8,14H2/t11-/m1/s1. The molecule has 2 N–H and O–H groups in total. The number of carbonyl (C=O) groups excluding carboxylic acids is 1. The minimum atomic E-state index is 0.0309. The number of nitrogens with zero attached hydrogens (tertiary/aromatic N) is 5. The van der Waals surface area contributed by atoms with Crippen LogP contribution in [0.2, 0.25) is 0 Å². The van der Waals surface area contributed by atoms with Crippen LogP contribution in [0.15, 0.2) is 30.6 Å². The van der Waals surface area contributed by atoms with Crippen molar-refractivity contribution in [2.45, 2.75) is 18.9 Å². The minimum Gasteiger partial charge on any atom is -0.337 e. The Kier molecular flexibility index (Phi) is 3.42. The van der Waals surface area contributed by atoms with Gasteiger partial charge in [0.15, 0.2) is 0 Å². The van der Waals surface area contributed by atoms with E-state index >= 15 is 0 Å². The van der Waals surface area contributed by atoms with Gasteiger partial charge in [-0.2, -0.15) is 0 Å². The molecular formula is C13H16N6O. The summed E-state index contributed by atoms with van der Waals surface area (Å²) in [5.74, 6) is 0.0309. The van der Waals surface area contributed by atoms with Crippen LogP contribution in [0.1, 0.15) is 23.2 Å². The Morgan fingerprint density at radius 1 is 1.30 bits per heavy atom. The lowest BCUT2D eigenvalue weighted by Gasteiger charge is -2.30. The number of carbonyl (C=O) groups is 1. The van der Waals surface area contributed by atoms with Gasteiger partial charge in [-0.15, -0.1) is 5.10 Å². The zero-order chi connectivity index (χ0) is 13.9. The second-order valence-corrected chi connectivity index (χ2v) is 4.95. The Morgan fingerprint density at radius 2 is 2.10 bits per heavy atom. The van der Waals surface area contributed by atoms with Crippen LogP contribution in [0.25, 0.3) is 5.69 Å². The molecule has 2 aromatic rings. The molecule has 0 spiro atoms.